The van der Waals surface area contributed by atoms with Crippen LogP contribution < -0.4 is 5.32 Å². The van der Waals surface area contributed by atoms with Crippen LogP contribution in [0.3, 0.4) is 0 Å². The number of halogens is 1. The lowest BCUT2D eigenvalue weighted by Crippen LogP contribution is -2.80. The summed E-state index contributed by atoms with van der Waals surface area (Å²) in [6, 6.07) is 18.4. The minimum absolute atomic E-state index is 0.0420. The number of rotatable bonds is 9. The summed E-state index contributed by atoms with van der Waals surface area (Å²) in [5, 5.41) is 1.77. The highest BCUT2D eigenvalue weighted by Gasteiger charge is 2.66. The molecule has 1 N–H and O–H groups in total. The van der Waals surface area contributed by atoms with Crippen molar-refractivity contribution in [2.75, 3.05) is 25.3 Å². The molecule has 2 aromatic carbocycles. The molecule has 4 rings (SSSR count). The van der Waals surface area contributed by atoms with E-state index in [0.717, 1.165) is 11.1 Å². The minimum Gasteiger partial charge on any atom is -0.461 e. The van der Waals surface area contributed by atoms with Gasteiger partial charge in [0.2, 0.25) is 5.91 Å². The Kier molecular flexibility index (Phi) is 8.21. The van der Waals surface area contributed by atoms with Gasteiger partial charge in [-0.1, -0.05) is 60.7 Å². The molecular formula is C26H25ClN2O7S. The summed E-state index contributed by atoms with van der Waals surface area (Å²) in [6.45, 7) is 1.06. The first-order chi connectivity index (χ1) is 17.8. The molecule has 0 bridgehead atoms. The van der Waals surface area contributed by atoms with E-state index in [-0.39, 0.29) is 23.9 Å². The largest absolute Gasteiger partial charge is 0.461 e. The van der Waals surface area contributed by atoms with Gasteiger partial charge in [0.15, 0.2) is 6.10 Å². The van der Waals surface area contributed by atoms with Crippen LogP contribution in [0.25, 0.3) is 0 Å². The molecule has 0 radical (unpaired) electrons. The molecule has 0 saturated carbocycles. The monoisotopic (exact) mass is 544 g/mol. The van der Waals surface area contributed by atoms with Crippen molar-refractivity contribution in [1.82, 2.24) is 10.2 Å². The summed E-state index contributed by atoms with van der Waals surface area (Å²) in [6.07, 6.45) is -0.759. The van der Waals surface area contributed by atoms with Crippen molar-refractivity contribution in [1.29, 1.82) is 0 Å². The highest BCUT2D eigenvalue weighted by molar-refractivity contribution is 8.00. The topological polar surface area (TPSA) is 111 Å². The Morgan fingerprint density at radius 1 is 1.11 bits per heavy atom. The van der Waals surface area contributed by atoms with Gasteiger partial charge >= 0.3 is 11.9 Å². The number of esters is 2. The number of nitrogens with zero attached hydrogens (tertiary/aromatic N) is 1. The molecule has 37 heavy (non-hydrogen) atoms. The SMILES string of the molecule is CO[C@@]1(NC(=O)CCl)C(=O)N2C(C(=O)OC(c3ccccc3)c3ccccc3)=C(COC(C)=O)CS[C@H]21. The third-order valence-corrected chi connectivity index (χ3v) is 7.57. The number of carbonyl (C=O) groups excluding carboxylic acids is 4. The van der Waals surface area contributed by atoms with Crippen LogP contribution in [0.15, 0.2) is 71.9 Å². The summed E-state index contributed by atoms with van der Waals surface area (Å²) < 4.78 is 16.6. The van der Waals surface area contributed by atoms with Crippen molar-refractivity contribution in [3.63, 3.8) is 0 Å². The van der Waals surface area contributed by atoms with Gasteiger partial charge < -0.3 is 19.5 Å². The summed E-state index contributed by atoms with van der Waals surface area (Å²) in [5.41, 5.74) is 0.151. The Morgan fingerprint density at radius 3 is 2.22 bits per heavy atom. The number of thioether (sulfide) groups is 1. The van der Waals surface area contributed by atoms with Gasteiger partial charge in [0.05, 0.1) is 0 Å². The molecule has 2 heterocycles. The molecule has 0 unspecified atom stereocenters. The summed E-state index contributed by atoms with van der Waals surface area (Å²) >= 11 is 6.89. The number of alkyl halides is 1. The van der Waals surface area contributed by atoms with Crippen molar-refractivity contribution in [3.8, 4) is 0 Å². The molecule has 1 saturated heterocycles. The smallest absolute Gasteiger partial charge is 0.356 e. The van der Waals surface area contributed by atoms with Gasteiger partial charge in [-0.05, 0) is 11.1 Å². The van der Waals surface area contributed by atoms with Crippen molar-refractivity contribution in [3.05, 3.63) is 83.1 Å². The molecule has 0 spiro atoms. The molecule has 2 aliphatic rings. The molecule has 1 fully saturated rings. The number of β-lactam (4-membered cyclic amide) rings is 1. The van der Waals surface area contributed by atoms with E-state index in [1.54, 1.807) is 0 Å². The van der Waals surface area contributed by atoms with E-state index in [4.69, 9.17) is 25.8 Å². The third kappa shape index (κ3) is 5.22. The van der Waals surface area contributed by atoms with Gasteiger partial charge in [-0.3, -0.25) is 19.3 Å². The van der Waals surface area contributed by atoms with Crippen LogP contribution in [0, 0.1) is 0 Å². The van der Waals surface area contributed by atoms with Crippen LogP contribution in [-0.2, 0) is 33.4 Å². The summed E-state index contributed by atoms with van der Waals surface area (Å²) in [7, 11) is 1.29. The van der Waals surface area contributed by atoms with Crippen LogP contribution in [-0.4, -0.2) is 65.1 Å². The fourth-order valence-corrected chi connectivity index (χ4v) is 5.71. The zero-order chi connectivity index (χ0) is 26.6. The van der Waals surface area contributed by atoms with Gasteiger partial charge in [0.25, 0.3) is 11.6 Å². The average molecular weight is 545 g/mol. The summed E-state index contributed by atoms with van der Waals surface area (Å²) in [5.74, 6) is -2.69. The molecule has 2 aromatic rings. The Labute approximate surface area is 223 Å². The zero-order valence-corrected chi connectivity index (χ0v) is 21.7. The summed E-state index contributed by atoms with van der Waals surface area (Å²) in [4.78, 5) is 51.9. The molecular weight excluding hydrogens is 520 g/mol. The van der Waals surface area contributed by atoms with E-state index in [1.807, 2.05) is 60.7 Å². The van der Waals surface area contributed by atoms with Gasteiger partial charge in [0.1, 0.15) is 23.6 Å². The van der Waals surface area contributed by atoms with Crippen molar-refractivity contribution < 1.29 is 33.4 Å². The van der Waals surface area contributed by atoms with E-state index in [1.165, 1.54) is 30.7 Å². The normalized spacial score (nSPS) is 20.7. The maximum Gasteiger partial charge on any atom is 0.356 e. The molecule has 0 aromatic heterocycles. The second kappa shape index (κ2) is 11.4. The average Bonchev–Trinajstić information content (AvgIpc) is 2.93. The number of ether oxygens (including phenoxy) is 3. The van der Waals surface area contributed by atoms with Crippen LogP contribution in [0.1, 0.15) is 24.2 Å². The first-order valence-corrected chi connectivity index (χ1v) is 12.9. The molecule has 0 aliphatic carbocycles. The lowest BCUT2D eigenvalue weighted by Gasteiger charge is -2.55. The molecule has 11 heteroatoms. The molecule has 2 atom stereocenters. The van der Waals surface area contributed by atoms with Crippen molar-refractivity contribution >= 4 is 47.1 Å². The Balaban J connectivity index is 1.71. The third-order valence-electron chi connectivity index (χ3n) is 5.95. The highest BCUT2D eigenvalue weighted by Crippen LogP contribution is 2.47. The van der Waals surface area contributed by atoms with Crippen molar-refractivity contribution in [2.45, 2.75) is 24.1 Å². The number of hydrogen-bond donors (Lipinski definition) is 1. The van der Waals surface area contributed by atoms with E-state index >= 15 is 0 Å². The van der Waals surface area contributed by atoms with Gasteiger partial charge in [-0.25, -0.2) is 4.79 Å². The maximum atomic E-state index is 13.8. The van der Waals surface area contributed by atoms with Crippen LogP contribution in [0.2, 0.25) is 0 Å². The number of benzene rings is 2. The number of fused-ring (bicyclic) bond motifs is 1. The molecule has 9 nitrogen and oxygen atoms in total. The first-order valence-electron chi connectivity index (χ1n) is 11.4. The highest BCUT2D eigenvalue weighted by atomic mass is 35.5. The fraction of sp³-hybridized carbons (Fsp3) is 0.308. The standard InChI is InChI=1S/C26H25ClN2O7S/c1-16(30)35-14-19-15-37-25-26(34-2,28-20(31)13-27)24(33)29(25)21(19)23(32)36-22(17-9-5-3-6-10-17)18-11-7-4-8-12-18/h3-12,22,25H,13-15H2,1-2H3,(H,28,31)/t25-,26-/m0/s1. The second-order valence-corrected chi connectivity index (χ2v) is 9.64. The molecule has 2 amide bonds. The van der Waals surface area contributed by atoms with E-state index in [2.05, 4.69) is 5.32 Å². The Bertz CT molecular complexity index is 1180. The lowest BCUT2D eigenvalue weighted by atomic mass is 9.97. The van der Waals surface area contributed by atoms with E-state index in [9.17, 15) is 19.2 Å². The number of carbonyl (C=O) groups is 4. The number of amides is 2. The number of nitrogens with one attached hydrogen (secondary N) is 1. The van der Waals surface area contributed by atoms with Gasteiger partial charge in [-0.2, -0.15) is 0 Å². The molecule has 194 valence electrons. The zero-order valence-electron chi connectivity index (χ0n) is 20.1. The Hall–Kier alpha value is -3.34. The molecule has 2 aliphatic heterocycles. The fourth-order valence-electron chi connectivity index (χ4n) is 4.22. The van der Waals surface area contributed by atoms with Crippen LogP contribution in [0.5, 0.6) is 0 Å². The van der Waals surface area contributed by atoms with E-state index < -0.39 is 41.0 Å². The second-order valence-electron chi connectivity index (χ2n) is 8.30. The van der Waals surface area contributed by atoms with Gasteiger partial charge in [-0.15, -0.1) is 23.4 Å². The van der Waals surface area contributed by atoms with E-state index in [0.29, 0.717) is 5.57 Å². The lowest BCUT2D eigenvalue weighted by molar-refractivity contribution is -0.193. The number of methoxy groups -OCH3 is 1. The predicted molar refractivity (Wildman–Crippen MR) is 136 cm³/mol. The number of hydrogen-bond acceptors (Lipinski definition) is 8. The van der Waals surface area contributed by atoms with Crippen LogP contribution in [0.4, 0.5) is 0 Å². The van der Waals surface area contributed by atoms with Crippen LogP contribution >= 0.6 is 23.4 Å². The van der Waals surface area contributed by atoms with Crippen molar-refractivity contribution in [2.24, 2.45) is 0 Å². The minimum atomic E-state index is -1.69. The maximum absolute atomic E-state index is 13.8. The Morgan fingerprint density at radius 2 is 1.70 bits per heavy atom. The quantitative estimate of drug-likeness (QED) is 0.222. The first kappa shape index (κ1) is 26.7. The predicted octanol–water partition coefficient (Wildman–Crippen LogP) is 2.75. The van der Waals surface area contributed by atoms with Gasteiger partial charge in [0, 0.05) is 25.4 Å².